The third-order valence-electron chi connectivity index (χ3n) is 5.38. The van der Waals surface area contributed by atoms with E-state index in [2.05, 4.69) is 10.6 Å². The van der Waals surface area contributed by atoms with Gasteiger partial charge in [0.05, 0.1) is 18.1 Å². The number of ether oxygens (including phenoxy) is 1. The van der Waals surface area contributed by atoms with Crippen LogP contribution in [0.3, 0.4) is 0 Å². The van der Waals surface area contributed by atoms with Gasteiger partial charge in [0.15, 0.2) is 0 Å². The molecule has 0 fully saturated rings. The van der Waals surface area contributed by atoms with Crippen molar-refractivity contribution in [1.82, 2.24) is 14.5 Å². The molecule has 8 nitrogen and oxygen atoms in total. The Morgan fingerprint density at radius 3 is 2.45 bits per heavy atom. The van der Waals surface area contributed by atoms with Crippen LogP contribution in [0.1, 0.15) is 5.56 Å². The van der Waals surface area contributed by atoms with Crippen LogP contribution in [0.25, 0.3) is 21.8 Å². The summed E-state index contributed by atoms with van der Waals surface area (Å²) in [6.07, 6.45) is 0. The first-order valence-electron chi connectivity index (χ1n) is 9.70. The maximum atomic E-state index is 12.4. The number of carbonyl (C=O) groups excluding carboxylic acids is 2. The molecule has 0 radical (unpaired) electrons. The molecule has 3 aromatic carbocycles. The highest BCUT2D eigenvalue weighted by Crippen LogP contribution is 2.27. The van der Waals surface area contributed by atoms with E-state index in [0.717, 1.165) is 21.9 Å². The smallest absolute Gasteiger partial charge is 0.328 e. The molecule has 4 aromatic rings. The van der Waals surface area contributed by atoms with E-state index in [1.807, 2.05) is 36.4 Å². The van der Waals surface area contributed by atoms with Gasteiger partial charge in [0.2, 0.25) is 0 Å². The first-order valence-corrected chi connectivity index (χ1v) is 9.70. The molecule has 0 saturated carbocycles. The Labute approximate surface area is 178 Å². The van der Waals surface area contributed by atoms with Crippen molar-refractivity contribution in [2.45, 2.75) is 6.54 Å². The van der Waals surface area contributed by atoms with E-state index in [0.29, 0.717) is 17.0 Å². The predicted molar refractivity (Wildman–Crippen MR) is 119 cm³/mol. The molecule has 2 N–H and O–H groups in total. The highest BCUT2D eigenvalue weighted by atomic mass is 16.5. The van der Waals surface area contributed by atoms with Crippen molar-refractivity contribution in [3.63, 3.8) is 0 Å². The summed E-state index contributed by atoms with van der Waals surface area (Å²) in [7, 11) is 4.90. The van der Waals surface area contributed by atoms with E-state index in [1.54, 1.807) is 39.4 Å². The van der Waals surface area contributed by atoms with Gasteiger partial charge in [-0.1, -0.05) is 30.3 Å². The van der Waals surface area contributed by atoms with Crippen LogP contribution in [0.5, 0.6) is 5.75 Å². The minimum atomic E-state index is -0.792. The van der Waals surface area contributed by atoms with Crippen molar-refractivity contribution in [3.8, 4) is 5.75 Å². The van der Waals surface area contributed by atoms with Gasteiger partial charge in [0.1, 0.15) is 5.75 Å². The number of carbonyl (C=O) groups is 2. The predicted octanol–water partition coefficient (Wildman–Crippen LogP) is 2.29. The minimum Gasteiger partial charge on any atom is -0.496 e. The van der Waals surface area contributed by atoms with Gasteiger partial charge in [-0.05, 0) is 35.0 Å². The van der Waals surface area contributed by atoms with Crippen LogP contribution in [0.4, 0.5) is 5.69 Å². The lowest BCUT2D eigenvalue weighted by atomic mass is 10.0. The number of benzene rings is 3. The van der Waals surface area contributed by atoms with Crippen LogP contribution in [0.2, 0.25) is 0 Å². The molecule has 0 unspecified atom stereocenters. The summed E-state index contributed by atoms with van der Waals surface area (Å²) in [6.45, 7) is 0.142. The van der Waals surface area contributed by atoms with Crippen molar-refractivity contribution in [2.24, 2.45) is 14.1 Å². The molecule has 8 heteroatoms. The summed E-state index contributed by atoms with van der Waals surface area (Å²) in [4.78, 5) is 36.9. The van der Waals surface area contributed by atoms with Gasteiger partial charge in [-0.25, -0.2) is 4.79 Å². The number of nitrogens with zero attached hydrogens (tertiary/aromatic N) is 2. The molecule has 0 spiro atoms. The second kappa shape index (κ2) is 7.98. The van der Waals surface area contributed by atoms with Gasteiger partial charge in [-0.15, -0.1) is 0 Å². The standard InChI is InChI=1S/C23H22N4O4/c1-26-18-10-9-15(12-19(18)27(2)23(26)30)25-22(29)21(28)24-13-17-16-7-5-4-6-14(16)8-11-20(17)31-3/h4-12H,13H2,1-3H3,(H,24,28)(H,25,29). The fourth-order valence-corrected chi connectivity index (χ4v) is 3.71. The SMILES string of the molecule is COc1ccc2ccccc2c1CNC(=O)C(=O)Nc1ccc2c(c1)n(C)c(=O)n2C. The summed E-state index contributed by atoms with van der Waals surface area (Å²) < 4.78 is 8.43. The van der Waals surface area contributed by atoms with Gasteiger partial charge in [-0.2, -0.15) is 0 Å². The monoisotopic (exact) mass is 418 g/mol. The fraction of sp³-hybridized carbons (Fsp3) is 0.174. The summed E-state index contributed by atoms with van der Waals surface area (Å²) in [5.74, 6) is -0.925. The Morgan fingerprint density at radius 1 is 0.935 bits per heavy atom. The molecule has 0 aliphatic carbocycles. The van der Waals surface area contributed by atoms with Crippen LogP contribution in [0, 0.1) is 0 Å². The van der Waals surface area contributed by atoms with Crippen LogP contribution < -0.4 is 21.1 Å². The van der Waals surface area contributed by atoms with Gasteiger partial charge in [-0.3, -0.25) is 18.7 Å². The van der Waals surface area contributed by atoms with E-state index in [-0.39, 0.29) is 12.2 Å². The number of hydrogen-bond donors (Lipinski definition) is 2. The van der Waals surface area contributed by atoms with Crippen LogP contribution >= 0.6 is 0 Å². The van der Waals surface area contributed by atoms with Crippen LogP contribution in [-0.4, -0.2) is 28.1 Å². The Hall–Kier alpha value is -4.07. The minimum absolute atomic E-state index is 0.142. The molecule has 0 aliphatic heterocycles. The first kappa shape index (κ1) is 20.2. The Balaban J connectivity index is 1.51. The molecule has 158 valence electrons. The number of imidazole rings is 1. The quantitative estimate of drug-likeness (QED) is 0.497. The van der Waals surface area contributed by atoms with Crippen molar-refractivity contribution < 1.29 is 14.3 Å². The van der Waals surface area contributed by atoms with Gasteiger partial charge in [0.25, 0.3) is 0 Å². The number of rotatable bonds is 4. The second-order valence-electron chi connectivity index (χ2n) is 7.21. The van der Waals surface area contributed by atoms with Gasteiger partial charge in [0, 0.05) is 31.9 Å². The molecule has 4 rings (SSSR count). The largest absolute Gasteiger partial charge is 0.496 e. The highest BCUT2D eigenvalue weighted by Gasteiger charge is 2.17. The molecule has 0 saturated heterocycles. The van der Waals surface area contributed by atoms with E-state index in [1.165, 1.54) is 9.13 Å². The van der Waals surface area contributed by atoms with Crippen molar-refractivity contribution >= 4 is 39.3 Å². The van der Waals surface area contributed by atoms with E-state index in [9.17, 15) is 14.4 Å². The zero-order valence-corrected chi connectivity index (χ0v) is 17.4. The highest BCUT2D eigenvalue weighted by molar-refractivity contribution is 6.39. The fourth-order valence-electron chi connectivity index (χ4n) is 3.71. The molecule has 1 heterocycles. The summed E-state index contributed by atoms with van der Waals surface area (Å²) in [5.41, 5.74) is 2.45. The zero-order chi connectivity index (χ0) is 22.1. The number of anilines is 1. The third kappa shape index (κ3) is 3.63. The molecule has 0 aliphatic rings. The Morgan fingerprint density at radius 2 is 1.68 bits per heavy atom. The van der Waals surface area contributed by atoms with Crippen molar-refractivity contribution in [2.75, 3.05) is 12.4 Å². The molecular formula is C23H22N4O4. The van der Waals surface area contributed by atoms with Gasteiger partial charge < -0.3 is 15.4 Å². The number of methoxy groups -OCH3 is 1. The second-order valence-corrected chi connectivity index (χ2v) is 7.21. The van der Waals surface area contributed by atoms with Crippen molar-refractivity contribution in [1.29, 1.82) is 0 Å². The van der Waals surface area contributed by atoms with Crippen molar-refractivity contribution in [3.05, 3.63) is 70.6 Å². The van der Waals surface area contributed by atoms with E-state index in [4.69, 9.17) is 4.74 Å². The topological polar surface area (TPSA) is 94.4 Å². The Kier molecular flexibility index (Phi) is 5.21. The molecule has 1 aromatic heterocycles. The maximum Gasteiger partial charge on any atom is 0.328 e. The normalized spacial score (nSPS) is 10.9. The lowest BCUT2D eigenvalue weighted by molar-refractivity contribution is -0.136. The molecule has 0 atom stereocenters. The number of fused-ring (bicyclic) bond motifs is 2. The van der Waals surface area contributed by atoms with Crippen LogP contribution in [-0.2, 0) is 30.2 Å². The molecular weight excluding hydrogens is 396 g/mol. The summed E-state index contributed by atoms with van der Waals surface area (Å²) in [5, 5.41) is 7.20. The van der Waals surface area contributed by atoms with E-state index >= 15 is 0 Å². The van der Waals surface area contributed by atoms with Gasteiger partial charge >= 0.3 is 17.5 Å². The lowest BCUT2D eigenvalue weighted by Crippen LogP contribution is -2.35. The number of aromatic nitrogens is 2. The third-order valence-corrected chi connectivity index (χ3v) is 5.38. The molecule has 2 amide bonds. The lowest BCUT2D eigenvalue weighted by Gasteiger charge is -2.13. The number of hydrogen-bond acceptors (Lipinski definition) is 4. The number of nitrogens with one attached hydrogen (secondary N) is 2. The van der Waals surface area contributed by atoms with Crippen LogP contribution in [0.15, 0.2) is 59.4 Å². The summed E-state index contributed by atoms with van der Waals surface area (Å²) >= 11 is 0. The average molecular weight is 418 g/mol. The first-order chi connectivity index (χ1) is 14.9. The number of aryl methyl sites for hydroxylation is 2. The summed E-state index contributed by atoms with van der Waals surface area (Å²) in [6, 6.07) is 16.6. The molecule has 0 bridgehead atoms. The molecule has 31 heavy (non-hydrogen) atoms. The zero-order valence-electron chi connectivity index (χ0n) is 17.4. The van der Waals surface area contributed by atoms with E-state index < -0.39 is 11.8 Å². The maximum absolute atomic E-state index is 12.4. The average Bonchev–Trinajstić information content (AvgIpc) is 3.00. The number of amides is 2. The Bertz CT molecular complexity index is 1380.